The number of aliphatic carboxylic acids is 1. The molecule has 2 aromatic heterocycles. The van der Waals surface area contributed by atoms with Crippen LogP contribution < -0.4 is 15.4 Å². The molecule has 2 heterocycles. The van der Waals surface area contributed by atoms with Gasteiger partial charge < -0.3 is 20.5 Å². The number of anilines is 2. The Morgan fingerprint density at radius 3 is 2.60 bits per heavy atom. The molecular formula is C15H13N5O5. The summed E-state index contributed by atoms with van der Waals surface area (Å²) in [6.45, 7) is 0.458. The zero-order chi connectivity index (χ0) is 17.8. The zero-order valence-corrected chi connectivity index (χ0v) is 13.0. The molecule has 0 saturated carbocycles. The largest absolute Gasteiger partial charge is 0.497 e. The highest BCUT2D eigenvalue weighted by atomic mass is 16.6. The van der Waals surface area contributed by atoms with Crippen molar-refractivity contribution in [2.45, 2.75) is 6.54 Å². The third kappa shape index (κ3) is 3.47. The Morgan fingerprint density at radius 1 is 1.20 bits per heavy atom. The third-order valence-corrected chi connectivity index (χ3v) is 3.35. The first-order valence-corrected chi connectivity index (χ1v) is 7.11. The van der Waals surface area contributed by atoms with E-state index in [2.05, 4.69) is 30.6 Å². The van der Waals surface area contributed by atoms with Crippen LogP contribution in [0.5, 0.6) is 5.75 Å². The van der Waals surface area contributed by atoms with Gasteiger partial charge in [0.25, 0.3) is 0 Å². The first-order chi connectivity index (χ1) is 12.1. The smallest absolute Gasteiger partial charge is 0.394 e. The van der Waals surface area contributed by atoms with E-state index in [4.69, 9.17) is 9.84 Å². The molecular weight excluding hydrogens is 330 g/mol. The predicted octanol–water partition coefficient (Wildman–Crippen LogP) is 1.26. The van der Waals surface area contributed by atoms with E-state index in [9.17, 15) is 9.59 Å². The molecule has 3 N–H and O–H groups in total. The topological polar surface area (TPSA) is 139 Å². The lowest BCUT2D eigenvalue weighted by Gasteiger charge is -2.08. The third-order valence-electron chi connectivity index (χ3n) is 3.35. The van der Waals surface area contributed by atoms with E-state index in [1.807, 2.05) is 24.3 Å². The summed E-state index contributed by atoms with van der Waals surface area (Å²) in [4.78, 5) is 26.1. The van der Waals surface area contributed by atoms with Crippen molar-refractivity contribution in [2.75, 3.05) is 17.7 Å². The van der Waals surface area contributed by atoms with Crippen molar-refractivity contribution in [3.8, 4) is 5.75 Å². The molecule has 10 heteroatoms. The number of carbonyl (C=O) groups excluding carboxylic acids is 1. The van der Waals surface area contributed by atoms with Gasteiger partial charge in [0, 0.05) is 6.54 Å². The molecule has 0 spiro atoms. The number of hydrogen-bond donors (Lipinski definition) is 3. The average molecular weight is 343 g/mol. The van der Waals surface area contributed by atoms with Crippen molar-refractivity contribution >= 4 is 34.4 Å². The number of carbonyl (C=O) groups is 2. The van der Waals surface area contributed by atoms with Gasteiger partial charge in [0.15, 0.2) is 16.9 Å². The van der Waals surface area contributed by atoms with E-state index < -0.39 is 11.9 Å². The number of amides is 1. The van der Waals surface area contributed by atoms with Crippen molar-refractivity contribution in [1.29, 1.82) is 0 Å². The zero-order valence-electron chi connectivity index (χ0n) is 13.0. The SMILES string of the molecule is COc1ccc(CNc2ncc(NC(=O)C(=O)O)c3nonc23)cc1. The highest BCUT2D eigenvalue weighted by molar-refractivity contribution is 6.37. The molecule has 1 amide bonds. The number of carboxylic acid groups (broad SMARTS) is 1. The van der Waals surface area contributed by atoms with Crippen LogP contribution in [0.4, 0.5) is 11.5 Å². The summed E-state index contributed by atoms with van der Waals surface area (Å²) >= 11 is 0. The van der Waals surface area contributed by atoms with Crippen LogP contribution in [0.1, 0.15) is 5.56 Å². The maximum atomic E-state index is 11.3. The second-order valence-corrected chi connectivity index (χ2v) is 4.94. The van der Waals surface area contributed by atoms with E-state index in [0.29, 0.717) is 12.4 Å². The molecule has 10 nitrogen and oxygen atoms in total. The molecule has 0 aliphatic heterocycles. The van der Waals surface area contributed by atoms with Gasteiger partial charge in [-0.1, -0.05) is 12.1 Å². The highest BCUT2D eigenvalue weighted by Gasteiger charge is 2.18. The van der Waals surface area contributed by atoms with Crippen molar-refractivity contribution in [3.63, 3.8) is 0 Å². The molecule has 0 aliphatic carbocycles. The van der Waals surface area contributed by atoms with Gasteiger partial charge in [-0.2, -0.15) is 0 Å². The number of nitrogens with zero attached hydrogens (tertiary/aromatic N) is 3. The molecule has 0 radical (unpaired) electrons. The molecule has 0 aliphatic rings. The number of methoxy groups -OCH3 is 1. The minimum atomic E-state index is -1.62. The summed E-state index contributed by atoms with van der Waals surface area (Å²) in [7, 11) is 1.59. The molecule has 3 aromatic rings. The lowest BCUT2D eigenvalue weighted by Crippen LogP contribution is -2.22. The second-order valence-electron chi connectivity index (χ2n) is 4.94. The lowest BCUT2D eigenvalue weighted by atomic mass is 10.2. The van der Waals surface area contributed by atoms with Gasteiger partial charge in [0.1, 0.15) is 5.75 Å². The molecule has 0 unspecified atom stereocenters. The first-order valence-electron chi connectivity index (χ1n) is 7.11. The number of pyridine rings is 1. The predicted molar refractivity (Wildman–Crippen MR) is 86.2 cm³/mol. The standard InChI is InChI=1S/C15H13N5O5/c1-24-9-4-2-8(3-5-9)6-16-13-12-11(19-25-20-12)10(7-17-13)18-14(21)15(22)23/h2-5,7H,6H2,1H3,(H,16,17)(H,18,21)(H,22,23). The van der Waals surface area contributed by atoms with Gasteiger partial charge in [0.2, 0.25) is 0 Å². The van der Waals surface area contributed by atoms with E-state index >= 15 is 0 Å². The normalized spacial score (nSPS) is 10.4. The van der Waals surface area contributed by atoms with Crippen LogP contribution in [0.2, 0.25) is 0 Å². The maximum absolute atomic E-state index is 11.3. The molecule has 3 rings (SSSR count). The Bertz CT molecular complexity index is 922. The van der Waals surface area contributed by atoms with Crippen LogP contribution in [-0.4, -0.2) is 39.4 Å². The number of rotatable bonds is 5. The molecule has 0 bridgehead atoms. The summed E-state index contributed by atoms with van der Waals surface area (Å²) in [6.07, 6.45) is 1.28. The van der Waals surface area contributed by atoms with Crippen LogP contribution in [0.25, 0.3) is 11.0 Å². The van der Waals surface area contributed by atoms with E-state index in [1.54, 1.807) is 7.11 Å². The fourth-order valence-electron chi connectivity index (χ4n) is 2.10. The Labute approximate surface area is 140 Å². The van der Waals surface area contributed by atoms with Gasteiger partial charge in [-0.25, -0.2) is 14.4 Å². The van der Waals surface area contributed by atoms with Gasteiger partial charge in [-0.3, -0.25) is 4.79 Å². The maximum Gasteiger partial charge on any atom is 0.394 e. The Hall–Kier alpha value is -3.69. The molecule has 0 fully saturated rings. The van der Waals surface area contributed by atoms with E-state index in [0.717, 1.165) is 11.3 Å². The lowest BCUT2D eigenvalue weighted by molar-refractivity contribution is -0.147. The van der Waals surface area contributed by atoms with E-state index in [-0.39, 0.29) is 16.7 Å². The molecule has 0 saturated heterocycles. The summed E-state index contributed by atoms with van der Waals surface area (Å²) in [5.41, 5.74) is 1.55. The van der Waals surface area contributed by atoms with Crippen molar-refractivity contribution < 1.29 is 24.1 Å². The quantitative estimate of drug-likeness (QED) is 0.584. The van der Waals surface area contributed by atoms with Crippen LogP contribution in [-0.2, 0) is 16.1 Å². The average Bonchev–Trinajstić information content (AvgIpc) is 3.11. The van der Waals surface area contributed by atoms with Crippen LogP contribution in [0.3, 0.4) is 0 Å². The first kappa shape index (κ1) is 16.2. The Morgan fingerprint density at radius 2 is 1.92 bits per heavy atom. The number of benzene rings is 1. The minimum Gasteiger partial charge on any atom is -0.497 e. The molecule has 0 atom stereocenters. The van der Waals surface area contributed by atoms with Crippen LogP contribution >= 0.6 is 0 Å². The Kier molecular flexibility index (Phi) is 4.42. The fourth-order valence-corrected chi connectivity index (χ4v) is 2.10. The number of aromatic nitrogens is 3. The fraction of sp³-hybridized carbons (Fsp3) is 0.133. The number of hydrogen-bond acceptors (Lipinski definition) is 8. The minimum absolute atomic E-state index is 0.0960. The molecule has 25 heavy (non-hydrogen) atoms. The van der Waals surface area contributed by atoms with Crippen LogP contribution in [0.15, 0.2) is 35.1 Å². The second kappa shape index (κ2) is 6.83. The van der Waals surface area contributed by atoms with Gasteiger partial charge in [-0.15, -0.1) is 0 Å². The van der Waals surface area contributed by atoms with Crippen LogP contribution in [0, 0.1) is 0 Å². The number of nitrogens with one attached hydrogen (secondary N) is 2. The number of carboxylic acids is 1. The van der Waals surface area contributed by atoms with Crippen molar-refractivity contribution in [3.05, 3.63) is 36.0 Å². The van der Waals surface area contributed by atoms with Gasteiger partial charge in [-0.05, 0) is 28.0 Å². The number of ether oxygens (including phenoxy) is 1. The molecule has 128 valence electrons. The number of fused-ring (bicyclic) bond motifs is 1. The van der Waals surface area contributed by atoms with Crippen molar-refractivity contribution in [1.82, 2.24) is 15.3 Å². The van der Waals surface area contributed by atoms with Gasteiger partial charge in [0.05, 0.1) is 19.0 Å². The summed E-state index contributed by atoms with van der Waals surface area (Å²) in [5.74, 6) is -1.68. The van der Waals surface area contributed by atoms with E-state index in [1.165, 1.54) is 6.20 Å². The summed E-state index contributed by atoms with van der Waals surface area (Å²) in [6, 6.07) is 7.46. The monoisotopic (exact) mass is 343 g/mol. The van der Waals surface area contributed by atoms with Gasteiger partial charge >= 0.3 is 11.9 Å². The highest BCUT2D eigenvalue weighted by Crippen LogP contribution is 2.25. The van der Waals surface area contributed by atoms with Crippen molar-refractivity contribution in [2.24, 2.45) is 0 Å². The summed E-state index contributed by atoms with van der Waals surface area (Å²) < 4.78 is 9.78. The Balaban J connectivity index is 1.79. The summed E-state index contributed by atoms with van der Waals surface area (Å²) in [5, 5.41) is 21.3. The molecule has 1 aromatic carbocycles.